The predicted molar refractivity (Wildman–Crippen MR) is 70.8 cm³/mol. The second-order valence-electron chi connectivity index (χ2n) is 5.47. The molecule has 3 unspecified atom stereocenters. The van der Waals surface area contributed by atoms with E-state index in [2.05, 4.69) is 6.58 Å². The number of carbonyl (C=O) groups is 3. The second-order valence-corrected chi connectivity index (χ2v) is 5.47. The predicted octanol–water partition coefficient (Wildman–Crippen LogP) is 1.10. The zero-order valence-electron chi connectivity index (χ0n) is 11.6. The summed E-state index contributed by atoms with van der Waals surface area (Å²) in [6.07, 6.45) is -0.914. The van der Waals surface area contributed by atoms with Gasteiger partial charge in [-0.05, 0) is 20.3 Å². The topological polar surface area (TPSA) is 80.7 Å². The Morgan fingerprint density at radius 1 is 1.45 bits per heavy atom. The van der Waals surface area contributed by atoms with E-state index in [-0.39, 0.29) is 23.6 Å². The van der Waals surface area contributed by atoms with Crippen LogP contribution in [-0.2, 0) is 19.1 Å². The van der Waals surface area contributed by atoms with Crippen molar-refractivity contribution in [3.05, 3.63) is 23.3 Å². The van der Waals surface area contributed by atoms with Crippen molar-refractivity contribution in [2.75, 3.05) is 0 Å². The Hall–Kier alpha value is -1.75. The van der Waals surface area contributed by atoms with Crippen LogP contribution in [0.25, 0.3) is 0 Å². The van der Waals surface area contributed by atoms with E-state index in [1.165, 1.54) is 6.92 Å². The molecule has 0 bridgehead atoms. The van der Waals surface area contributed by atoms with Gasteiger partial charge in [-0.2, -0.15) is 0 Å². The van der Waals surface area contributed by atoms with Crippen LogP contribution in [-0.4, -0.2) is 34.9 Å². The molecule has 3 atom stereocenters. The summed E-state index contributed by atoms with van der Waals surface area (Å²) >= 11 is 0. The fraction of sp³-hybridized carbons (Fsp3) is 0.533. The first-order chi connectivity index (χ1) is 9.32. The lowest BCUT2D eigenvalue weighted by Crippen LogP contribution is -2.33. The number of cyclic esters (lactones) is 1. The van der Waals surface area contributed by atoms with Crippen molar-refractivity contribution in [1.82, 2.24) is 0 Å². The smallest absolute Gasteiger partial charge is 0.334 e. The lowest BCUT2D eigenvalue weighted by atomic mass is 9.84. The highest BCUT2D eigenvalue weighted by atomic mass is 16.6. The molecular weight excluding hydrogens is 260 g/mol. The Bertz CT molecular complexity index is 528. The number of hydrogen-bond donors (Lipinski definition) is 1. The molecule has 0 radical (unpaired) electrons. The first-order valence-corrected chi connectivity index (χ1v) is 6.63. The fourth-order valence-corrected chi connectivity index (χ4v) is 2.89. The molecule has 0 saturated carbocycles. The van der Waals surface area contributed by atoms with Crippen LogP contribution in [0.2, 0.25) is 0 Å². The molecule has 0 aromatic carbocycles. The van der Waals surface area contributed by atoms with E-state index < -0.39 is 24.1 Å². The lowest BCUT2D eigenvalue weighted by molar-refractivity contribution is -0.138. The van der Waals surface area contributed by atoms with E-state index in [9.17, 15) is 19.5 Å². The molecule has 20 heavy (non-hydrogen) atoms. The van der Waals surface area contributed by atoms with Gasteiger partial charge in [0.2, 0.25) is 0 Å². The van der Waals surface area contributed by atoms with Crippen LogP contribution in [0, 0.1) is 5.92 Å². The molecule has 0 amide bonds. The molecule has 0 spiro atoms. The summed E-state index contributed by atoms with van der Waals surface area (Å²) in [5, 5.41) is 10.2. The number of allylic oxidation sites excluding steroid dienone is 1. The maximum atomic E-state index is 11.9. The second kappa shape index (κ2) is 5.32. The van der Waals surface area contributed by atoms with Gasteiger partial charge in [-0.1, -0.05) is 12.2 Å². The number of aliphatic hydroxyl groups is 1. The molecule has 0 aromatic rings. The van der Waals surface area contributed by atoms with E-state index in [1.807, 2.05) is 6.92 Å². The van der Waals surface area contributed by atoms with Crippen molar-refractivity contribution in [2.45, 2.75) is 45.3 Å². The van der Waals surface area contributed by atoms with Gasteiger partial charge in [0, 0.05) is 24.0 Å². The highest BCUT2D eigenvalue weighted by Gasteiger charge is 2.47. The van der Waals surface area contributed by atoms with E-state index in [1.54, 1.807) is 0 Å². The fourth-order valence-electron chi connectivity index (χ4n) is 2.89. The van der Waals surface area contributed by atoms with E-state index in [0.717, 1.165) is 5.57 Å². The van der Waals surface area contributed by atoms with Gasteiger partial charge < -0.3 is 9.84 Å². The number of ketones is 2. The van der Waals surface area contributed by atoms with Crippen LogP contribution in [0.4, 0.5) is 0 Å². The van der Waals surface area contributed by atoms with Gasteiger partial charge in [-0.3, -0.25) is 9.59 Å². The highest BCUT2D eigenvalue weighted by Crippen LogP contribution is 2.39. The molecule has 2 rings (SSSR count). The third kappa shape index (κ3) is 2.45. The lowest BCUT2D eigenvalue weighted by Gasteiger charge is -2.23. The molecule has 0 aromatic heterocycles. The third-order valence-corrected chi connectivity index (χ3v) is 3.91. The molecule has 1 aliphatic carbocycles. The molecular formula is C15H18O5. The molecule has 5 heteroatoms. The van der Waals surface area contributed by atoms with Gasteiger partial charge >= 0.3 is 5.97 Å². The minimum absolute atomic E-state index is 0.0602. The summed E-state index contributed by atoms with van der Waals surface area (Å²) < 4.78 is 5.23. The maximum absolute atomic E-state index is 11.9. The van der Waals surface area contributed by atoms with Crippen LogP contribution in [0.5, 0.6) is 0 Å². The number of hydrogen-bond acceptors (Lipinski definition) is 5. The van der Waals surface area contributed by atoms with Crippen molar-refractivity contribution < 1.29 is 24.2 Å². The number of rotatable bonds is 4. The Morgan fingerprint density at radius 2 is 2.10 bits per heavy atom. The van der Waals surface area contributed by atoms with Gasteiger partial charge in [0.15, 0.2) is 5.78 Å². The average molecular weight is 278 g/mol. The summed E-state index contributed by atoms with van der Waals surface area (Å²) in [4.78, 5) is 34.8. The summed E-state index contributed by atoms with van der Waals surface area (Å²) in [7, 11) is 0. The number of carbonyl (C=O) groups excluding carboxylic acids is 3. The van der Waals surface area contributed by atoms with Crippen molar-refractivity contribution >= 4 is 17.5 Å². The molecule has 108 valence electrons. The van der Waals surface area contributed by atoms with Crippen LogP contribution in [0.15, 0.2) is 23.3 Å². The quantitative estimate of drug-likeness (QED) is 0.615. The van der Waals surface area contributed by atoms with Crippen molar-refractivity contribution in [3.8, 4) is 0 Å². The van der Waals surface area contributed by atoms with Crippen LogP contribution >= 0.6 is 0 Å². The highest BCUT2D eigenvalue weighted by molar-refractivity contribution is 6.02. The Morgan fingerprint density at radius 3 is 2.60 bits per heavy atom. The Balaban J connectivity index is 2.33. The summed E-state index contributed by atoms with van der Waals surface area (Å²) in [6.45, 7) is 6.82. The summed E-state index contributed by atoms with van der Waals surface area (Å²) in [5.74, 6) is -1.58. The monoisotopic (exact) mass is 278 g/mol. The van der Waals surface area contributed by atoms with Crippen LogP contribution < -0.4 is 0 Å². The first-order valence-electron chi connectivity index (χ1n) is 6.63. The molecule has 1 aliphatic heterocycles. The van der Waals surface area contributed by atoms with Gasteiger partial charge in [0.05, 0.1) is 12.0 Å². The maximum Gasteiger partial charge on any atom is 0.334 e. The first kappa shape index (κ1) is 14.7. The minimum atomic E-state index is -1.06. The summed E-state index contributed by atoms with van der Waals surface area (Å²) in [6, 6.07) is 0. The number of aliphatic hydroxyl groups excluding tert-OH is 1. The normalized spacial score (nSPS) is 28.1. The van der Waals surface area contributed by atoms with E-state index >= 15 is 0 Å². The largest absolute Gasteiger partial charge is 0.453 e. The number of ether oxygens (including phenoxy) is 1. The van der Waals surface area contributed by atoms with Gasteiger partial charge in [0.25, 0.3) is 0 Å². The van der Waals surface area contributed by atoms with Crippen molar-refractivity contribution in [1.29, 1.82) is 0 Å². The van der Waals surface area contributed by atoms with Crippen molar-refractivity contribution in [3.63, 3.8) is 0 Å². The minimum Gasteiger partial charge on any atom is -0.453 e. The molecule has 1 saturated heterocycles. The summed E-state index contributed by atoms with van der Waals surface area (Å²) in [5.41, 5.74) is 1.47. The van der Waals surface area contributed by atoms with Crippen LogP contribution in [0.1, 0.15) is 33.1 Å². The zero-order chi connectivity index (χ0) is 15.0. The molecule has 1 N–H and O–H groups in total. The Labute approximate surface area is 117 Å². The third-order valence-electron chi connectivity index (χ3n) is 3.91. The van der Waals surface area contributed by atoms with Gasteiger partial charge in [-0.25, -0.2) is 4.79 Å². The number of esters is 1. The van der Waals surface area contributed by atoms with Gasteiger partial charge in [0.1, 0.15) is 11.9 Å². The van der Waals surface area contributed by atoms with E-state index in [4.69, 9.17) is 4.74 Å². The molecule has 1 heterocycles. The van der Waals surface area contributed by atoms with Crippen LogP contribution in [0.3, 0.4) is 0 Å². The van der Waals surface area contributed by atoms with E-state index in [0.29, 0.717) is 18.4 Å². The zero-order valence-corrected chi connectivity index (χ0v) is 11.6. The molecule has 1 fully saturated rings. The standard InChI is InChI=1S/C15H18O5/c1-7-4-5-10(17)12(7)14-13(9(3)15(19)20-14)11(18)6-8(2)16/h11,13-14,18H,3-6H2,1-2H3. The molecule has 5 nitrogen and oxygen atoms in total. The van der Waals surface area contributed by atoms with Gasteiger partial charge in [-0.15, -0.1) is 0 Å². The average Bonchev–Trinajstić information content (AvgIpc) is 2.80. The van der Waals surface area contributed by atoms with Crippen molar-refractivity contribution in [2.24, 2.45) is 5.92 Å². The Kier molecular flexibility index (Phi) is 3.90. The molecule has 2 aliphatic rings. The SMILES string of the molecule is C=C1C(=O)OC(C2=C(C)CCC2=O)C1C(O)CC(C)=O. The number of Topliss-reactive ketones (excluding diaryl/α,β-unsaturated/α-hetero) is 2.